The molecule has 1 N–H and O–H groups in total. The van der Waals surface area contributed by atoms with Crippen LogP contribution in [-0.2, 0) is 11.2 Å². The van der Waals surface area contributed by atoms with Crippen LogP contribution in [0.3, 0.4) is 0 Å². The van der Waals surface area contributed by atoms with Crippen LogP contribution in [0.25, 0.3) is 0 Å². The van der Waals surface area contributed by atoms with Crippen LogP contribution in [0.4, 0.5) is 0 Å². The molecule has 0 aromatic carbocycles. The lowest BCUT2D eigenvalue weighted by Crippen LogP contribution is -2.55. The van der Waals surface area contributed by atoms with Gasteiger partial charge in [-0.05, 0) is 62.3 Å². The Morgan fingerprint density at radius 3 is 2.55 bits per heavy atom. The van der Waals surface area contributed by atoms with Gasteiger partial charge in [0.05, 0.1) is 5.60 Å². The largest absolute Gasteiger partial charge is 0.377 e. The lowest BCUT2D eigenvalue weighted by Gasteiger charge is -2.44. The van der Waals surface area contributed by atoms with Crippen LogP contribution in [0, 0.1) is 5.92 Å². The van der Waals surface area contributed by atoms with Gasteiger partial charge in [0.15, 0.2) is 0 Å². The molecular formula is C17H28N2O. The Kier molecular flexibility index (Phi) is 5.55. The summed E-state index contributed by atoms with van der Waals surface area (Å²) in [5, 5.41) is 3.66. The first-order chi connectivity index (χ1) is 9.70. The fourth-order valence-corrected chi connectivity index (χ4v) is 3.39. The Balaban J connectivity index is 2.13. The molecule has 0 aliphatic heterocycles. The highest BCUT2D eigenvalue weighted by molar-refractivity contribution is 5.14. The molecule has 1 aromatic rings. The molecular weight excluding hydrogens is 248 g/mol. The normalized spacial score (nSPS) is 28.2. The number of nitrogens with zero attached hydrogens (tertiary/aromatic N) is 1. The van der Waals surface area contributed by atoms with Gasteiger partial charge in [0.2, 0.25) is 0 Å². The van der Waals surface area contributed by atoms with Crippen LogP contribution in [0.15, 0.2) is 24.5 Å². The van der Waals surface area contributed by atoms with E-state index in [-0.39, 0.29) is 5.60 Å². The van der Waals surface area contributed by atoms with Gasteiger partial charge in [-0.1, -0.05) is 13.8 Å². The van der Waals surface area contributed by atoms with Crippen molar-refractivity contribution >= 4 is 0 Å². The molecule has 1 aliphatic rings. The van der Waals surface area contributed by atoms with Crippen molar-refractivity contribution in [1.29, 1.82) is 0 Å². The lowest BCUT2D eigenvalue weighted by molar-refractivity contribution is -0.0742. The fraction of sp³-hybridized carbons (Fsp3) is 0.706. The molecule has 1 unspecified atom stereocenters. The first kappa shape index (κ1) is 15.5. The molecule has 1 aromatic heterocycles. The number of aromatic nitrogens is 1. The summed E-state index contributed by atoms with van der Waals surface area (Å²) in [6.07, 6.45) is 9.62. The van der Waals surface area contributed by atoms with E-state index < -0.39 is 0 Å². The number of nitrogens with one attached hydrogen (secondary N) is 1. The zero-order chi connectivity index (χ0) is 14.4. The molecule has 1 atom stereocenters. The first-order valence-electron chi connectivity index (χ1n) is 7.87. The minimum atomic E-state index is -0.00814. The van der Waals surface area contributed by atoms with Crippen LogP contribution in [0.2, 0.25) is 0 Å². The van der Waals surface area contributed by atoms with Crippen molar-refractivity contribution in [3.8, 4) is 0 Å². The molecule has 1 aliphatic carbocycles. The molecule has 0 spiro atoms. The van der Waals surface area contributed by atoms with Gasteiger partial charge < -0.3 is 10.1 Å². The van der Waals surface area contributed by atoms with Crippen LogP contribution in [0.5, 0.6) is 0 Å². The number of rotatable bonds is 6. The molecule has 1 saturated carbocycles. The molecule has 3 nitrogen and oxygen atoms in total. The van der Waals surface area contributed by atoms with Crippen molar-refractivity contribution in [3.63, 3.8) is 0 Å². The number of likely N-dealkylation sites (N-methyl/N-ethyl adjacent to an activating group) is 1. The fourth-order valence-electron chi connectivity index (χ4n) is 3.39. The Bertz CT molecular complexity index is 385. The standard InChI is InChI=1S/C17H28N2O/c1-4-19-16(13-15-7-11-18-12-8-15)17(20-3)9-5-14(2)6-10-17/h7-8,11-12,14,16,19H,4-6,9-10,13H2,1-3H3. The zero-order valence-corrected chi connectivity index (χ0v) is 13.1. The predicted molar refractivity (Wildman–Crippen MR) is 82.8 cm³/mol. The molecule has 0 bridgehead atoms. The van der Waals surface area contributed by atoms with Crippen LogP contribution >= 0.6 is 0 Å². The van der Waals surface area contributed by atoms with Crippen molar-refractivity contribution in [3.05, 3.63) is 30.1 Å². The van der Waals surface area contributed by atoms with Crippen molar-refractivity contribution in [1.82, 2.24) is 10.3 Å². The van der Waals surface area contributed by atoms with E-state index in [4.69, 9.17) is 4.74 Å². The van der Waals surface area contributed by atoms with Crippen LogP contribution < -0.4 is 5.32 Å². The van der Waals surface area contributed by atoms with Gasteiger partial charge in [-0.15, -0.1) is 0 Å². The van der Waals surface area contributed by atoms with Crippen LogP contribution in [-0.4, -0.2) is 30.3 Å². The van der Waals surface area contributed by atoms with Gasteiger partial charge in [-0.3, -0.25) is 4.98 Å². The average Bonchev–Trinajstić information content (AvgIpc) is 2.49. The number of pyridine rings is 1. The smallest absolute Gasteiger partial charge is 0.0834 e. The molecule has 2 rings (SSSR count). The highest BCUT2D eigenvalue weighted by Gasteiger charge is 2.41. The van der Waals surface area contributed by atoms with E-state index in [0.717, 1.165) is 31.7 Å². The SMILES string of the molecule is CCNC(Cc1ccncc1)C1(OC)CCC(C)CC1. The molecule has 1 heterocycles. The summed E-state index contributed by atoms with van der Waals surface area (Å²) in [4.78, 5) is 4.11. The summed E-state index contributed by atoms with van der Waals surface area (Å²) in [7, 11) is 1.88. The van der Waals surface area contributed by atoms with E-state index in [9.17, 15) is 0 Å². The summed E-state index contributed by atoms with van der Waals surface area (Å²) in [5.41, 5.74) is 1.33. The third-order valence-electron chi connectivity index (χ3n) is 4.80. The number of hydrogen-bond acceptors (Lipinski definition) is 3. The van der Waals surface area contributed by atoms with E-state index in [1.54, 1.807) is 0 Å². The van der Waals surface area contributed by atoms with Crippen molar-refractivity contribution < 1.29 is 4.74 Å². The lowest BCUT2D eigenvalue weighted by atomic mass is 9.74. The molecule has 3 heteroatoms. The Morgan fingerprint density at radius 1 is 1.35 bits per heavy atom. The predicted octanol–water partition coefficient (Wildman–Crippen LogP) is 3.20. The quantitative estimate of drug-likeness (QED) is 0.866. The Hall–Kier alpha value is -0.930. The molecule has 0 amide bonds. The average molecular weight is 276 g/mol. The minimum absolute atomic E-state index is 0.00814. The van der Waals surface area contributed by atoms with E-state index >= 15 is 0 Å². The summed E-state index contributed by atoms with van der Waals surface area (Å²) in [6.45, 7) is 5.51. The second-order valence-electron chi connectivity index (χ2n) is 6.12. The van der Waals surface area contributed by atoms with Gasteiger partial charge in [-0.25, -0.2) is 0 Å². The summed E-state index contributed by atoms with van der Waals surface area (Å²) >= 11 is 0. The van der Waals surface area contributed by atoms with E-state index in [0.29, 0.717) is 6.04 Å². The summed E-state index contributed by atoms with van der Waals surface area (Å²) < 4.78 is 6.04. The molecule has 112 valence electrons. The number of methoxy groups -OCH3 is 1. The summed E-state index contributed by atoms with van der Waals surface area (Å²) in [5.74, 6) is 0.835. The Labute approximate surface area is 123 Å². The highest BCUT2D eigenvalue weighted by atomic mass is 16.5. The second kappa shape index (κ2) is 7.19. The van der Waals surface area contributed by atoms with Crippen LogP contribution in [0.1, 0.15) is 45.1 Å². The first-order valence-corrected chi connectivity index (χ1v) is 7.87. The second-order valence-corrected chi connectivity index (χ2v) is 6.12. The van der Waals surface area contributed by atoms with Gasteiger partial charge in [0, 0.05) is 25.5 Å². The summed E-state index contributed by atoms with van der Waals surface area (Å²) in [6, 6.07) is 4.60. The molecule has 1 fully saturated rings. The minimum Gasteiger partial charge on any atom is -0.377 e. The molecule has 20 heavy (non-hydrogen) atoms. The van der Waals surface area contributed by atoms with Crippen molar-refractivity contribution in [2.45, 2.75) is 57.6 Å². The number of hydrogen-bond donors (Lipinski definition) is 1. The topological polar surface area (TPSA) is 34.2 Å². The number of ether oxygens (including phenoxy) is 1. The maximum atomic E-state index is 6.04. The van der Waals surface area contributed by atoms with Crippen molar-refractivity contribution in [2.24, 2.45) is 5.92 Å². The van der Waals surface area contributed by atoms with Gasteiger partial charge >= 0.3 is 0 Å². The zero-order valence-electron chi connectivity index (χ0n) is 13.1. The van der Waals surface area contributed by atoms with Crippen molar-refractivity contribution in [2.75, 3.05) is 13.7 Å². The third kappa shape index (κ3) is 3.58. The molecule has 0 radical (unpaired) electrons. The van der Waals surface area contributed by atoms with E-state index in [1.807, 2.05) is 19.5 Å². The van der Waals surface area contributed by atoms with E-state index in [1.165, 1.54) is 18.4 Å². The van der Waals surface area contributed by atoms with Gasteiger partial charge in [0.25, 0.3) is 0 Å². The van der Waals surface area contributed by atoms with Gasteiger partial charge in [0.1, 0.15) is 0 Å². The Morgan fingerprint density at radius 2 is 2.00 bits per heavy atom. The third-order valence-corrected chi connectivity index (χ3v) is 4.80. The highest BCUT2D eigenvalue weighted by Crippen LogP contribution is 2.37. The maximum absolute atomic E-state index is 6.04. The van der Waals surface area contributed by atoms with E-state index in [2.05, 4.69) is 36.3 Å². The van der Waals surface area contributed by atoms with Gasteiger partial charge in [-0.2, -0.15) is 0 Å². The maximum Gasteiger partial charge on any atom is 0.0834 e. The monoisotopic (exact) mass is 276 g/mol. The molecule has 0 saturated heterocycles.